The van der Waals surface area contributed by atoms with E-state index in [9.17, 15) is 14.4 Å². The molecular weight excluding hydrogens is 284 g/mol. The van der Waals surface area contributed by atoms with Crippen molar-refractivity contribution in [2.45, 2.75) is 6.42 Å². The van der Waals surface area contributed by atoms with Crippen LogP contribution in [-0.4, -0.2) is 30.9 Å². The Bertz CT molecular complexity index is 453. The Morgan fingerprint density at radius 2 is 1.70 bits per heavy atom. The van der Waals surface area contributed by atoms with Crippen molar-refractivity contribution in [3.63, 3.8) is 0 Å². The maximum atomic E-state index is 11.4. The second kappa shape index (κ2) is 9.62. The van der Waals surface area contributed by atoms with E-state index >= 15 is 0 Å². The first-order chi connectivity index (χ1) is 9.08. The molecule has 0 saturated heterocycles. The van der Waals surface area contributed by atoms with E-state index in [0.717, 1.165) is 5.69 Å². The van der Waals surface area contributed by atoms with E-state index in [0.29, 0.717) is 0 Å². The van der Waals surface area contributed by atoms with Gasteiger partial charge in [-0.1, -0.05) is 18.2 Å². The summed E-state index contributed by atoms with van der Waals surface area (Å²) in [5, 5.41) is 7.38. The summed E-state index contributed by atoms with van der Waals surface area (Å²) in [4.78, 5) is 32.8. The summed E-state index contributed by atoms with van der Waals surface area (Å²) >= 11 is 0. The molecule has 7 nitrogen and oxygen atoms in total. The minimum absolute atomic E-state index is 0. The number of para-hydroxylation sites is 1. The molecule has 1 rings (SSSR count). The molecule has 0 unspecified atom stereocenters. The Morgan fingerprint density at radius 1 is 1.05 bits per heavy atom. The molecule has 0 bridgehead atoms. The maximum absolute atomic E-state index is 11.4. The smallest absolute Gasteiger partial charge is 0.318 e. The highest BCUT2D eigenvalue weighted by molar-refractivity contribution is 5.93. The van der Waals surface area contributed by atoms with Gasteiger partial charge in [0.1, 0.15) is 0 Å². The van der Waals surface area contributed by atoms with Gasteiger partial charge in [0.25, 0.3) is 0 Å². The van der Waals surface area contributed by atoms with Gasteiger partial charge in [-0.25, -0.2) is 4.79 Å². The molecular formula is C12H17ClN4O3. The van der Waals surface area contributed by atoms with Gasteiger partial charge < -0.3 is 16.4 Å². The molecule has 4 amide bonds. The zero-order chi connectivity index (χ0) is 14.1. The summed E-state index contributed by atoms with van der Waals surface area (Å²) in [7, 11) is 0. The van der Waals surface area contributed by atoms with Gasteiger partial charge in [0, 0.05) is 18.7 Å². The quantitative estimate of drug-likeness (QED) is 0.602. The predicted octanol–water partition coefficient (Wildman–Crippen LogP) is 0.222. The van der Waals surface area contributed by atoms with E-state index < -0.39 is 11.9 Å². The van der Waals surface area contributed by atoms with Crippen LogP contribution in [0.4, 0.5) is 10.5 Å². The van der Waals surface area contributed by atoms with Gasteiger partial charge in [0.2, 0.25) is 11.8 Å². The van der Waals surface area contributed by atoms with Crippen molar-refractivity contribution in [2.75, 3.05) is 18.4 Å². The van der Waals surface area contributed by atoms with Gasteiger partial charge in [0.15, 0.2) is 0 Å². The summed E-state index contributed by atoms with van der Waals surface area (Å²) in [6.07, 6.45) is 0.0000168. The number of nitrogens with one attached hydrogen (secondary N) is 3. The Labute approximate surface area is 122 Å². The molecule has 0 atom stereocenters. The van der Waals surface area contributed by atoms with Crippen LogP contribution in [0.25, 0.3) is 0 Å². The van der Waals surface area contributed by atoms with Crippen molar-refractivity contribution < 1.29 is 14.4 Å². The monoisotopic (exact) mass is 300 g/mol. The second-order valence-corrected chi connectivity index (χ2v) is 3.73. The lowest BCUT2D eigenvalue weighted by Crippen LogP contribution is -2.38. The van der Waals surface area contributed by atoms with Gasteiger partial charge in [0.05, 0.1) is 6.54 Å². The average Bonchev–Trinajstić information content (AvgIpc) is 2.36. The van der Waals surface area contributed by atoms with Crippen LogP contribution in [-0.2, 0) is 9.59 Å². The van der Waals surface area contributed by atoms with E-state index in [1.165, 1.54) is 0 Å². The molecule has 5 N–H and O–H groups in total. The molecule has 0 spiro atoms. The Morgan fingerprint density at radius 3 is 2.30 bits per heavy atom. The van der Waals surface area contributed by atoms with Crippen LogP contribution in [0.3, 0.4) is 0 Å². The lowest BCUT2D eigenvalue weighted by atomic mass is 10.3. The first kappa shape index (κ1) is 17.7. The third-order valence-corrected chi connectivity index (χ3v) is 2.16. The highest BCUT2D eigenvalue weighted by Gasteiger charge is 2.05. The number of imide groups is 1. The number of anilines is 1. The number of benzene rings is 1. The molecule has 0 aromatic heterocycles. The van der Waals surface area contributed by atoms with Crippen molar-refractivity contribution in [1.29, 1.82) is 0 Å². The first-order valence-electron chi connectivity index (χ1n) is 5.73. The number of nitrogens with two attached hydrogens (primary N) is 1. The molecule has 1 aromatic rings. The summed E-state index contributed by atoms with van der Waals surface area (Å²) in [5.74, 6) is -0.764. The largest absolute Gasteiger partial charge is 0.376 e. The van der Waals surface area contributed by atoms with E-state index in [-0.39, 0.29) is 37.8 Å². The third kappa shape index (κ3) is 7.93. The second-order valence-electron chi connectivity index (χ2n) is 3.73. The van der Waals surface area contributed by atoms with Crippen molar-refractivity contribution in [3.8, 4) is 0 Å². The van der Waals surface area contributed by atoms with Crippen molar-refractivity contribution in [3.05, 3.63) is 30.3 Å². The third-order valence-electron chi connectivity index (χ3n) is 2.16. The van der Waals surface area contributed by atoms with Crippen LogP contribution in [0.5, 0.6) is 0 Å². The van der Waals surface area contributed by atoms with Gasteiger partial charge in [-0.2, -0.15) is 0 Å². The van der Waals surface area contributed by atoms with Crippen LogP contribution in [0.15, 0.2) is 30.3 Å². The van der Waals surface area contributed by atoms with Crippen LogP contribution in [0.2, 0.25) is 0 Å². The number of carbonyl (C=O) groups is 3. The summed E-state index contributed by atoms with van der Waals surface area (Å²) in [5.41, 5.74) is 5.61. The highest BCUT2D eigenvalue weighted by atomic mass is 35.5. The zero-order valence-corrected chi connectivity index (χ0v) is 11.5. The van der Waals surface area contributed by atoms with E-state index in [1.807, 2.05) is 35.6 Å². The molecule has 0 saturated carbocycles. The molecule has 0 fully saturated rings. The van der Waals surface area contributed by atoms with Gasteiger partial charge in [-0.05, 0) is 12.1 Å². The van der Waals surface area contributed by atoms with Crippen LogP contribution in [0, 0.1) is 0 Å². The number of primary amides is 1. The fourth-order valence-electron chi connectivity index (χ4n) is 1.32. The Hall–Kier alpha value is -2.28. The summed E-state index contributed by atoms with van der Waals surface area (Å²) in [6.45, 7) is 0.260. The first-order valence-corrected chi connectivity index (χ1v) is 5.73. The fourth-order valence-corrected chi connectivity index (χ4v) is 1.32. The lowest BCUT2D eigenvalue weighted by Gasteiger charge is -2.07. The molecule has 0 radical (unpaired) electrons. The lowest BCUT2D eigenvalue weighted by molar-refractivity contribution is -0.120. The molecule has 110 valence electrons. The molecule has 0 heterocycles. The minimum Gasteiger partial charge on any atom is -0.376 e. The Kier molecular flexibility index (Phi) is 8.53. The van der Waals surface area contributed by atoms with E-state index in [2.05, 4.69) is 10.6 Å². The number of halogens is 1. The van der Waals surface area contributed by atoms with Gasteiger partial charge in [-0.15, -0.1) is 12.4 Å². The number of rotatable bonds is 6. The van der Waals surface area contributed by atoms with Crippen molar-refractivity contribution in [2.24, 2.45) is 5.73 Å². The normalized spacial score (nSPS) is 9.00. The number of urea groups is 1. The van der Waals surface area contributed by atoms with Gasteiger partial charge >= 0.3 is 6.03 Å². The topological polar surface area (TPSA) is 113 Å². The average molecular weight is 301 g/mol. The Balaban J connectivity index is 0.00000361. The number of amides is 4. The highest BCUT2D eigenvalue weighted by Crippen LogP contribution is 2.03. The number of hydrogen-bond acceptors (Lipinski definition) is 4. The fraction of sp³-hybridized carbons (Fsp3) is 0.250. The predicted molar refractivity (Wildman–Crippen MR) is 77.5 cm³/mol. The molecule has 20 heavy (non-hydrogen) atoms. The van der Waals surface area contributed by atoms with Gasteiger partial charge in [-0.3, -0.25) is 14.9 Å². The van der Waals surface area contributed by atoms with Crippen LogP contribution in [0.1, 0.15) is 6.42 Å². The molecule has 0 aliphatic heterocycles. The van der Waals surface area contributed by atoms with E-state index in [4.69, 9.17) is 5.73 Å². The standard InChI is InChI=1S/C12H16N4O3.ClH/c13-12(19)16-10(17)6-7-14-11(18)8-15-9-4-2-1-3-5-9;/h1-5,15H,6-8H2,(H,14,18)(H3,13,16,17,19);1H. The van der Waals surface area contributed by atoms with Crippen LogP contribution < -0.4 is 21.7 Å². The van der Waals surface area contributed by atoms with Crippen LogP contribution >= 0.6 is 12.4 Å². The van der Waals surface area contributed by atoms with Crippen molar-refractivity contribution in [1.82, 2.24) is 10.6 Å². The number of hydrogen-bond donors (Lipinski definition) is 4. The van der Waals surface area contributed by atoms with Crippen molar-refractivity contribution >= 4 is 35.9 Å². The minimum atomic E-state index is -0.901. The molecule has 0 aliphatic rings. The maximum Gasteiger partial charge on any atom is 0.318 e. The molecule has 0 aliphatic carbocycles. The number of carbonyl (C=O) groups excluding carboxylic acids is 3. The summed E-state index contributed by atoms with van der Waals surface area (Å²) in [6, 6.07) is 8.37. The SMILES string of the molecule is Cl.NC(=O)NC(=O)CCNC(=O)CNc1ccccc1. The van der Waals surface area contributed by atoms with E-state index in [1.54, 1.807) is 0 Å². The summed E-state index contributed by atoms with van der Waals surface area (Å²) < 4.78 is 0. The molecule has 1 aromatic carbocycles. The molecule has 8 heteroatoms. The zero-order valence-electron chi connectivity index (χ0n) is 10.7.